The average Bonchev–Trinajstić information content (AvgIpc) is 3.12. The zero-order valence-corrected chi connectivity index (χ0v) is 32.5. The molecule has 272 valence electrons. The van der Waals surface area contributed by atoms with Crippen LogP contribution in [-0.4, -0.2) is 0 Å². The summed E-state index contributed by atoms with van der Waals surface area (Å²) in [6.45, 7) is 13.2. The van der Waals surface area contributed by atoms with E-state index in [-0.39, 0.29) is 11.6 Å². The molecule has 0 heterocycles. The number of rotatable bonds is 14. The Morgan fingerprint density at radius 2 is 0.585 bits per heavy atom. The normalized spacial score (nSPS) is 11.3. The predicted octanol–water partition coefficient (Wildman–Crippen LogP) is 15.0. The molecule has 2 heteroatoms. The molecule has 0 unspecified atom stereocenters. The summed E-state index contributed by atoms with van der Waals surface area (Å²) in [5.41, 5.74) is 20.2. The lowest BCUT2D eigenvalue weighted by atomic mass is 9.89. The number of benzene rings is 6. The molecule has 0 aliphatic rings. The van der Waals surface area contributed by atoms with Gasteiger partial charge in [0.05, 0.1) is 0 Å². The summed E-state index contributed by atoms with van der Waals surface area (Å²) < 4.78 is 26.9. The number of hydrogen-bond acceptors (Lipinski definition) is 0. The lowest BCUT2D eigenvalue weighted by Gasteiger charge is -2.15. The fraction of sp³-hybridized carbons (Fsp3) is 0.294. The molecule has 0 radical (unpaired) electrons. The molecule has 0 aliphatic carbocycles. The van der Waals surface area contributed by atoms with E-state index in [2.05, 4.69) is 102 Å². The topological polar surface area (TPSA) is 0 Å². The van der Waals surface area contributed by atoms with Crippen molar-refractivity contribution < 1.29 is 8.78 Å². The van der Waals surface area contributed by atoms with Crippen molar-refractivity contribution in [1.82, 2.24) is 0 Å². The maximum absolute atomic E-state index is 13.4. The fourth-order valence-corrected chi connectivity index (χ4v) is 8.23. The van der Waals surface area contributed by atoms with E-state index in [1.807, 2.05) is 24.3 Å². The monoisotopic (exact) mass is 704 g/mol. The van der Waals surface area contributed by atoms with Crippen molar-refractivity contribution in [3.05, 3.63) is 165 Å². The molecule has 6 aromatic carbocycles. The summed E-state index contributed by atoms with van der Waals surface area (Å²) in [5, 5.41) is 0. The zero-order chi connectivity index (χ0) is 37.5. The minimum Gasteiger partial charge on any atom is -0.207 e. The van der Waals surface area contributed by atoms with Crippen molar-refractivity contribution in [2.45, 2.75) is 99.3 Å². The molecule has 6 rings (SSSR count). The second-order valence-electron chi connectivity index (χ2n) is 15.2. The van der Waals surface area contributed by atoms with Gasteiger partial charge in [0.2, 0.25) is 0 Å². The Morgan fingerprint density at radius 3 is 0.906 bits per heavy atom. The summed E-state index contributed by atoms with van der Waals surface area (Å²) in [6, 6.07) is 36.4. The van der Waals surface area contributed by atoms with Crippen molar-refractivity contribution in [2.75, 3.05) is 0 Å². The van der Waals surface area contributed by atoms with Gasteiger partial charge in [0, 0.05) is 0 Å². The molecule has 0 atom stereocenters. The van der Waals surface area contributed by atoms with E-state index in [0.29, 0.717) is 0 Å². The molecule has 0 saturated heterocycles. The van der Waals surface area contributed by atoms with Crippen LogP contribution in [0, 0.1) is 53.2 Å². The van der Waals surface area contributed by atoms with Gasteiger partial charge in [0.1, 0.15) is 11.6 Å². The molecule has 6 aromatic rings. The molecule has 0 nitrogen and oxygen atoms in total. The van der Waals surface area contributed by atoms with Crippen LogP contribution >= 0.6 is 0 Å². The Hall–Kier alpha value is -4.82. The van der Waals surface area contributed by atoms with E-state index in [1.165, 1.54) is 136 Å². The third-order valence-electron chi connectivity index (χ3n) is 11.1. The Morgan fingerprint density at radius 1 is 0.302 bits per heavy atom. The van der Waals surface area contributed by atoms with Crippen LogP contribution in [0.5, 0.6) is 0 Å². The molecule has 53 heavy (non-hydrogen) atoms. The first-order valence-corrected chi connectivity index (χ1v) is 19.5. The van der Waals surface area contributed by atoms with Crippen LogP contribution in [0.2, 0.25) is 0 Å². The van der Waals surface area contributed by atoms with Crippen LogP contribution in [0.1, 0.15) is 89.5 Å². The van der Waals surface area contributed by atoms with Crippen LogP contribution in [0.3, 0.4) is 0 Å². The van der Waals surface area contributed by atoms with Gasteiger partial charge in [-0.25, -0.2) is 8.78 Å². The number of hydrogen-bond donors (Lipinski definition) is 0. The van der Waals surface area contributed by atoms with E-state index in [4.69, 9.17) is 0 Å². The van der Waals surface area contributed by atoms with E-state index in [9.17, 15) is 8.78 Å². The summed E-state index contributed by atoms with van der Waals surface area (Å²) in [6.07, 6.45) is 11.3. The Kier molecular flexibility index (Phi) is 12.4. The van der Waals surface area contributed by atoms with Crippen LogP contribution in [-0.2, 0) is 12.8 Å². The highest BCUT2D eigenvalue weighted by Crippen LogP contribution is 2.35. The molecule has 0 aromatic heterocycles. The number of unbranched alkanes of at least 4 members (excludes halogenated alkanes) is 6. The van der Waals surface area contributed by atoms with Crippen molar-refractivity contribution in [1.29, 1.82) is 0 Å². The largest absolute Gasteiger partial charge is 0.207 e. The average molecular weight is 705 g/mol. The Labute approximate surface area is 317 Å². The number of halogens is 2. The van der Waals surface area contributed by atoms with Crippen molar-refractivity contribution >= 4 is 0 Å². The highest BCUT2D eigenvalue weighted by Gasteiger charge is 2.13. The van der Waals surface area contributed by atoms with Gasteiger partial charge in [-0.1, -0.05) is 117 Å². The van der Waals surface area contributed by atoms with Gasteiger partial charge >= 0.3 is 0 Å². The Balaban J connectivity index is 0.923. The minimum absolute atomic E-state index is 0.203. The molecule has 0 bridgehead atoms. The highest BCUT2D eigenvalue weighted by molar-refractivity contribution is 5.78. The van der Waals surface area contributed by atoms with Crippen molar-refractivity contribution in [2.24, 2.45) is 0 Å². The van der Waals surface area contributed by atoms with Gasteiger partial charge < -0.3 is 0 Å². The molecule has 0 saturated carbocycles. The van der Waals surface area contributed by atoms with E-state index >= 15 is 0 Å². The summed E-state index contributed by atoms with van der Waals surface area (Å²) in [4.78, 5) is 0. The van der Waals surface area contributed by atoms with Gasteiger partial charge in [-0.15, -0.1) is 0 Å². The molecule has 0 spiro atoms. The lowest BCUT2D eigenvalue weighted by Crippen LogP contribution is -1.95. The third-order valence-corrected chi connectivity index (χ3v) is 11.1. The molecule has 0 amide bonds. The predicted molar refractivity (Wildman–Crippen MR) is 223 cm³/mol. The van der Waals surface area contributed by atoms with Crippen LogP contribution in [0.15, 0.2) is 109 Å². The summed E-state index contributed by atoms with van der Waals surface area (Å²) in [7, 11) is 0. The third kappa shape index (κ3) is 9.41. The second kappa shape index (κ2) is 17.3. The first-order chi connectivity index (χ1) is 25.6. The minimum atomic E-state index is -0.203. The number of aryl methyl sites for hydroxylation is 8. The van der Waals surface area contributed by atoms with Crippen LogP contribution in [0.25, 0.3) is 44.5 Å². The van der Waals surface area contributed by atoms with Crippen LogP contribution < -0.4 is 0 Å². The smallest absolute Gasteiger partial charge is 0.123 e. The molecular formula is C51H54F2. The first kappa shape index (κ1) is 37.9. The van der Waals surface area contributed by atoms with Gasteiger partial charge in [-0.2, -0.15) is 0 Å². The van der Waals surface area contributed by atoms with Crippen LogP contribution in [0.4, 0.5) is 8.78 Å². The van der Waals surface area contributed by atoms with E-state index in [0.717, 1.165) is 35.1 Å². The van der Waals surface area contributed by atoms with E-state index in [1.54, 1.807) is 0 Å². The molecule has 0 fully saturated rings. The first-order valence-electron chi connectivity index (χ1n) is 19.5. The van der Waals surface area contributed by atoms with Crippen molar-refractivity contribution in [3.63, 3.8) is 0 Å². The second-order valence-corrected chi connectivity index (χ2v) is 15.2. The maximum atomic E-state index is 13.4. The molecule has 0 N–H and O–H groups in total. The lowest BCUT2D eigenvalue weighted by molar-refractivity contribution is 0.578. The fourth-order valence-electron chi connectivity index (χ4n) is 8.23. The standard InChI is InChI=1S/C51H54F2/c1-34-28-44(50-36(3)30-46(31-37(50)4)42-20-24-48(52)25-21-42)18-16-40(34)14-12-10-8-7-9-11-13-15-41-17-19-45(29-35(41)2)51-38(5)32-47(33-39(51)6)43-22-26-49(53)27-23-43/h16-33H,7-15H2,1-6H3. The Bertz CT molecular complexity index is 1970. The summed E-state index contributed by atoms with van der Waals surface area (Å²) in [5.74, 6) is -0.407. The van der Waals surface area contributed by atoms with Gasteiger partial charge in [0.15, 0.2) is 0 Å². The van der Waals surface area contributed by atoms with E-state index < -0.39 is 0 Å². The highest BCUT2D eigenvalue weighted by atomic mass is 19.1. The zero-order valence-electron chi connectivity index (χ0n) is 32.5. The molecular weight excluding hydrogens is 651 g/mol. The molecule has 0 aliphatic heterocycles. The van der Waals surface area contributed by atoms with Crippen molar-refractivity contribution in [3.8, 4) is 44.5 Å². The van der Waals surface area contributed by atoms with Gasteiger partial charge in [0.25, 0.3) is 0 Å². The van der Waals surface area contributed by atoms with Gasteiger partial charge in [-0.05, 0) is 181 Å². The maximum Gasteiger partial charge on any atom is 0.123 e. The van der Waals surface area contributed by atoms with Gasteiger partial charge in [-0.3, -0.25) is 0 Å². The summed E-state index contributed by atoms with van der Waals surface area (Å²) >= 11 is 0. The SMILES string of the molecule is Cc1cc(-c2c(C)cc(-c3ccc(F)cc3)cc2C)ccc1CCCCCCCCCc1ccc(-c2c(C)cc(-c3ccc(F)cc3)cc2C)cc1C. The quantitative estimate of drug-likeness (QED) is 0.0990.